The van der Waals surface area contributed by atoms with E-state index in [1.807, 2.05) is 50.2 Å². The number of amides is 1. The minimum atomic E-state index is -0.696. The van der Waals surface area contributed by atoms with E-state index >= 15 is 0 Å². The van der Waals surface area contributed by atoms with Crippen LogP contribution in [0, 0.1) is 19.8 Å². The molecule has 1 aromatic heterocycles. The number of nitrogens with zero attached hydrogens (tertiary/aromatic N) is 1. The number of aryl methyl sites for hydroxylation is 2. The number of anilines is 1. The lowest BCUT2D eigenvalue weighted by molar-refractivity contribution is 0.0971. The predicted octanol–water partition coefficient (Wildman–Crippen LogP) is 7.36. The van der Waals surface area contributed by atoms with Crippen molar-refractivity contribution in [3.05, 3.63) is 97.3 Å². The summed E-state index contributed by atoms with van der Waals surface area (Å²) in [5.74, 6) is 1.38. The summed E-state index contributed by atoms with van der Waals surface area (Å²) in [6.07, 6.45) is 0.916. The van der Waals surface area contributed by atoms with E-state index < -0.39 is 6.04 Å². The average molecular weight is 576 g/mol. The van der Waals surface area contributed by atoms with Gasteiger partial charge in [-0.15, -0.1) is 0 Å². The van der Waals surface area contributed by atoms with Gasteiger partial charge in [0.25, 0.3) is 5.91 Å². The number of hydrogen-bond acceptors (Lipinski definition) is 5. The zero-order chi connectivity index (χ0) is 27.1. The van der Waals surface area contributed by atoms with Crippen LogP contribution in [0.4, 0.5) is 5.69 Å². The molecule has 0 radical (unpaired) electrons. The zero-order valence-electron chi connectivity index (χ0n) is 22.1. The SMILES string of the molecule is COc1cc(C2c3c(oc4ccc(Br)cc4c3=O)C(=O)N2c2ccc(C)c(C)c2)ccc1OCCC(C)C. The number of benzene rings is 3. The molecule has 7 heteroatoms. The molecular weight excluding hydrogens is 546 g/mol. The van der Waals surface area contributed by atoms with Gasteiger partial charge in [0.2, 0.25) is 5.76 Å². The van der Waals surface area contributed by atoms with Crippen LogP contribution in [-0.4, -0.2) is 19.6 Å². The van der Waals surface area contributed by atoms with E-state index in [4.69, 9.17) is 13.9 Å². The third-order valence-electron chi connectivity index (χ3n) is 7.06. The lowest BCUT2D eigenvalue weighted by Crippen LogP contribution is -2.29. The Morgan fingerprint density at radius 1 is 0.974 bits per heavy atom. The number of fused-ring (bicyclic) bond motifs is 2. The van der Waals surface area contributed by atoms with Crippen LogP contribution in [0.5, 0.6) is 11.5 Å². The van der Waals surface area contributed by atoms with Crippen LogP contribution in [0.25, 0.3) is 11.0 Å². The van der Waals surface area contributed by atoms with E-state index in [9.17, 15) is 9.59 Å². The molecule has 1 atom stereocenters. The Bertz CT molecular complexity index is 1610. The van der Waals surface area contributed by atoms with Gasteiger partial charge in [-0.3, -0.25) is 14.5 Å². The zero-order valence-corrected chi connectivity index (χ0v) is 23.7. The molecular formula is C31H30BrNO5. The first-order valence-corrected chi connectivity index (χ1v) is 13.5. The molecule has 1 aliphatic heterocycles. The van der Waals surface area contributed by atoms with E-state index in [1.54, 1.807) is 30.2 Å². The summed E-state index contributed by atoms with van der Waals surface area (Å²) < 4.78 is 18.5. The van der Waals surface area contributed by atoms with Crippen molar-refractivity contribution in [3.63, 3.8) is 0 Å². The van der Waals surface area contributed by atoms with Gasteiger partial charge in [-0.05, 0) is 85.3 Å². The second kappa shape index (κ2) is 10.3. The van der Waals surface area contributed by atoms with Gasteiger partial charge < -0.3 is 13.9 Å². The highest BCUT2D eigenvalue weighted by atomic mass is 79.9. The molecule has 1 aliphatic rings. The number of rotatable bonds is 7. The van der Waals surface area contributed by atoms with Crippen LogP contribution < -0.4 is 19.8 Å². The Kier molecular flexibility index (Phi) is 7.05. The Balaban J connectivity index is 1.70. The van der Waals surface area contributed by atoms with Crippen molar-refractivity contribution in [1.82, 2.24) is 0 Å². The molecule has 0 bridgehead atoms. The van der Waals surface area contributed by atoms with Gasteiger partial charge in [0.15, 0.2) is 16.9 Å². The molecule has 5 rings (SSSR count). The quantitative estimate of drug-likeness (QED) is 0.230. The van der Waals surface area contributed by atoms with Gasteiger partial charge in [-0.2, -0.15) is 0 Å². The first-order valence-electron chi connectivity index (χ1n) is 12.7. The fourth-order valence-electron chi connectivity index (χ4n) is 4.78. The number of hydrogen-bond donors (Lipinski definition) is 0. The van der Waals surface area contributed by atoms with Gasteiger partial charge in [0.05, 0.1) is 30.7 Å². The molecule has 2 heterocycles. The highest BCUT2D eigenvalue weighted by Gasteiger charge is 2.44. The number of halogens is 1. The van der Waals surface area contributed by atoms with Crippen LogP contribution in [0.1, 0.15) is 59.1 Å². The van der Waals surface area contributed by atoms with Crippen molar-refractivity contribution in [1.29, 1.82) is 0 Å². The lowest BCUT2D eigenvalue weighted by Gasteiger charge is -2.26. The molecule has 6 nitrogen and oxygen atoms in total. The van der Waals surface area contributed by atoms with Crippen molar-refractivity contribution in [2.75, 3.05) is 18.6 Å². The number of methoxy groups -OCH3 is 1. The summed E-state index contributed by atoms with van der Waals surface area (Å²) in [4.78, 5) is 29.4. The van der Waals surface area contributed by atoms with Crippen LogP contribution in [0.3, 0.4) is 0 Å². The fraction of sp³-hybridized carbons (Fsp3) is 0.290. The minimum Gasteiger partial charge on any atom is -0.493 e. The Hall–Kier alpha value is -3.58. The largest absolute Gasteiger partial charge is 0.493 e. The molecule has 1 unspecified atom stereocenters. The second-order valence-corrected chi connectivity index (χ2v) is 11.0. The normalized spacial score (nSPS) is 14.9. The molecule has 0 fully saturated rings. The predicted molar refractivity (Wildman–Crippen MR) is 153 cm³/mol. The van der Waals surface area contributed by atoms with Crippen LogP contribution in [-0.2, 0) is 0 Å². The highest BCUT2D eigenvalue weighted by Crippen LogP contribution is 2.43. The number of carbonyl (C=O) groups is 1. The molecule has 196 valence electrons. The van der Waals surface area contributed by atoms with Crippen LogP contribution in [0.15, 0.2) is 68.3 Å². The molecule has 4 aromatic rings. The van der Waals surface area contributed by atoms with E-state index in [2.05, 4.69) is 29.8 Å². The molecule has 38 heavy (non-hydrogen) atoms. The van der Waals surface area contributed by atoms with Crippen LogP contribution in [0.2, 0.25) is 0 Å². The smallest absolute Gasteiger partial charge is 0.295 e. The van der Waals surface area contributed by atoms with E-state index in [0.29, 0.717) is 46.2 Å². The van der Waals surface area contributed by atoms with Crippen LogP contribution >= 0.6 is 15.9 Å². The first-order chi connectivity index (χ1) is 18.2. The molecule has 0 saturated carbocycles. The van der Waals surface area contributed by atoms with Gasteiger partial charge in [-0.25, -0.2) is 0 Å². The van der Waals surface area contributed by atoms with Crippen molar-refractivity contribution in [2.24, 2.45) is 5.92 Å². The monoisotopic (exact) mass is 575 g/mol. The number of carbonyl (C=O) groups excluding carboxylic acids is 1. The summed E-state index contributed by atoms with van der Waals surface area (Å²) in [7, 11) is 1.59. The maximum atomic E-state index is 13.9. The summed E-state index contributed by atoms with van der Waals surface area (Å²) in [5, 5.41) is 0.415. The summed E-state index contributed by atoms with van der Waals surface area (Å²) in [6.45, 7) is 8.89. The fourth-order valence-corrected chi connectivity index (χ4v) is 5.14. The third-order valence-corrected chi connectivity index (χ3v) is 7.55. The molecule has 0 aliphatic carbocycles. The molecule has 0 spiro atoms. The molecule has 3 aromatic carbocycles. The summed E-state index contributed by atoms with van der Waals surface area (Å²) >= 11 is 3.45. The van der Waals surface area contributed by atoms with Gasteiger partial charge in [0, 0.05) is 10.2 Å². The Morgan fingerprint density at radius 2 is 1.76 bits per heavy atom. The Morgan fingerprint density at radius 3 is 2.47 bits per heavy atom. The van der Waals surface area contributed by atoms with E-state index in [0.717, 1.165) is 27.6 Å². The average Bonchev–Trinajstić information content (AvgIpc) is 3.18. The topological polar surface area (TPSA) is 69.0 Å². The standard InChI is InChI=1S/C31H30BrNO5/c1-17(2)12-13-37-25-10-7-20(15-26(25)36-5)28-27-29(34)23-16-21(32)8-11-24(23)38-30(27)31(35)33(28)22-9-6-18(3)19(4)14-22/h6-11,14-17,28H,12-13H2,1-5H3. The first kappa shape index (κ1) is 26.0. The second-order valence-electron chi connectivity index (χ2n) is 10.1. The maximum Gasteiger partial charge on any atom is 0.295 e. The minimum absolute atomic E-state index is 0.0595. The van der Waals surface area contributed by atoms with E-state index in [1.165, 1.54) is 0 Å². The van der Waals surface area contributed by atoms with Crippen molar-refractivity contribution < 1.29 is 18.7 Å². The summed E-state index contributed by atoms with van der Waals surface area (Å²) in [6, 6.07) is 15.9. The number of ether oxygens (including phenoxy) is 2. The van der Waals surface area contributed by atoms with Crippen molar-refractivity contribution in [3.8, 4) is 11.5 Å². The van der Waals surface area contributed by atoms with Gasteiger partial charge in [-0.1, -0.05) is 41.9 Å². The third kappa shape index (κ3) is 4.60. The molecule has 1 amide bonds. The van der Waals surface area contributed by atoms with Crippen molar-refractivity contribution >= 4 is 38.5 Å². The Labute approximate surface area is 230 Å². The molecule has 0 saturated heterocycles. The van der Waals surface area contributed by atoms with E-state index in [-0.39, 0.29) is 17.1 Å². The molecule has 0 N–H and O–H groups in total. The maximum absolute atomic E-state index is 13.9. The lowest BCUT2D eigenvalue weighted by atomic mass is 9.97. The van der Waals surface area contributed by atoms with Crippen molar-refractivity contribution in [2.45, 2.75) is 40.2 Å². The van der Waals surface area contributed by atoms with Gasteiger partial charge in [0.1, 0.15) is 5.58 Å². The highest BCUT2D eigenvalue weighted by molar-refractivity contribution is 9.10. The van der Waals surface area contributed by atoms with Gasteiger partial charge >= 0.3 is 0 Å². The summed E-state index contributed by atoms with van der Waals surface area (Å²) in [5.41, 5.74) is 4.03.